The van der Waals surface area contributed by atoms with Gasteiger partial charge in [0.25, 0.3) is 0 Å². The number of rotatable bonds is 29. The Hall–Kier alpha value is -7.53. The molecule has 0 bridgehead atoms. The van der Waals surface area contributed by atoms with Crippen LogP contribution in [0.2, 0.25) is 0 Å². The minimum absolute atomic E-state index is 0.0302. The number of nitrogens with zero attached hydrogens (tertiary/aromatic N) is 2. The lowest BCUT2D eigenvalue weighted by Gasteiger charge is -2.28. The first-order valence-corrected chi connectivity index (χ1v) is 22.8. The van der Waals surface area contributed by atoms with Gasteiger partial charge in [-0.05, 0) is 80.3 Å². The fourth-order valence-electron chi connectivity index (χ4n) is 7.47. The van der Waals surface area contributed by atoms with Crippen molar-refractivity contribution in [2.75, 3.05) is 19.6 Å². The lowest BCUT2D eigenvalue weighted by molar-refractivity contribution is -0.142. The summed E-state index contributed by atoms with van der Waals surface area (Å²) < 4.78 is 0. The number of phenols is 1. The molecule has 2 heterocycles. The predicted molar refractivity (Wildman–Crippen MR) is 257 cm³/mol. The minimum atomic E-state index is -1.39. The maximum Gasteiger partial charge on any atom is 0.326 e. The van der Waals surface area contributed by atoms with Gasteiger partial charge >= 0.3 is 5.97 Å². The molecule has 6 atom stereocenters. The Morgan fingerprint density at radius 3 is 1.87 bits per heavy atom. The number of nitrogens with two attached hydrogens (primary N) is 4. The molecule has 0 aliphatic heterocycles. The monoisotopic (exact) mass is 959 g/mol. The molecule has 0 spiro atoms. The average molecular weight is 959 g/mol. The molecule has 374 valence electrons. The third kappa shape index (κ3) is 17.9. The van der Waals surface area contributed by atoms with E-state index in [0.29, 0.717) is 36.2 Å². The van der Waals surface area contributed by atoms with Crippen LogP contribution in [-0.2, 0) is 52.8 Å². The number of carboxylic acids is 1. The largest absolute Gasteiger partial charge is 0.508 e. The number of aliphatic carboxylic acids is 1. The number of aliphatic imine (C=N–C) groups is 1. The van der Waals surface area contributed by atoms with Crippen molar-refractivity contribution in [1.82, 2.24) is 46.9 Å². The fraction of sp³-hybridized carbons (Fsp3) is 0.457. The van der Waals surface area contributed by atoms with Crippen LogP contribution in [0, 0.1) is 5.92 Å². The van der Waals surface area contributed by atoms with Crippen LogP contribution in [0.5, 0.6) is 5.75 Å². The Balaban J connectivity index is 1.64. The van der Waals surface area contributed by atoms with Gasteiger partial charge in [0.05, 0.1) is 12.9 Å². The topological polar surface area (TPSA) is 393 Å². The van der Waals surface area contributed by atoms with Gasteiger partial charge in [0.1, 0.15) is 42.0 Å². The summed E-state index contributed by atoms with van der Waals surface area (Å²) in [5, 5.41) is 36.8. The van der Waals surface area contributed by atoms with Gasteiger partial charge in [0, 0.05) is 54.8 Å². The van der Waals surface area contributed by atoms with E-state index in [-0.39, 0.29) is 69.1 Å². The molecule has 6 amide bonds. The Labute approximate surface area is 399 Å². The standard InChI is InChI=1S/C46H66N14O9/c1-26(2)18-35(41(64)60-37(20-28-23-53-32-9-4-3-8-31(28)32)43(66)57-34(45(68)69)10-5-6-16-47)58-42(65)36(19-27-12-14-30(61)15-13-27)59-40(63)33(11-7-17-52-46(49)50)56-44(67)38(55-39(62)22-48)21-29-24-51-25-54-29/h3-4,8-9,12-15,23-26,33-38,53,61H,5-7,10-11,16-22,47-48H2,1-2H3,(H,51,54)(H,55,62)(H,56,67)(H,57,66)(H,58,65)(H,59,63)(H,60,64)(H,68,69)(H4,49,50,52)/t33-,34-,35-,36-,37-,38-/m0/s1. The molecule has 0 aliphatic carbocycles. The number of H-pyrrole nitrogens is 2. The van der Waals surface area contributed by atoms with Crippen molar-refractivity contribution in [1.29, 1.82) is 0 Å². The van der Waals surface area contributed by atoms with Crippen molar-refractivity contribution < 1.29 is 43.8 Å². The van der Waals surface area contributed by atoms with Crippen molar-refractivity contribution in [2.24, 2.45) is 33.8 Å². The molecule has 4 rings (SSSR count). The highest BCUT2D eigenvalue weighted by Gasteiger charge is 2.34. The van der Waals surface area contributed by atoms with Crippen LogP contribution < -0.4 is 54.8 Å². The van der Waals surface area contributed by atoms with E-state index in [4.69, 9.17) is 22.9 Å². The van der Waals surface area contributed by atoms with Crippen molar-refractivity contribution >= 4 is 58.3 Å². The van der Waals surface area contributed by atoms with Crippen LogP contribution in [0.4, 0.5) is 0 Å². The number of aromatic hydroxyl groups is 1. The van der Waals surface area contributed by atoms with Crippen molar-refractivity contribution in [2.45, 2.75) is 108 Å². The first kappa shape index (κ1) is 54.1. The maximum atomic E-state index is 14.5. The number of hydrogen-bond acceptors (Lipinski definition) is 12. The number of carboxylic acid groups (broad SMARTS) is 1. The van der Waals surface area contributed by atoms with Crippen LogP contribution in [0.25, 0.3) is 10.9 Å². The summed E-state index contributed by atoms with van der Waals surface area (Å²) in [6.45, 7) is 3.64. The smallest absolute Gasteiger partial charge is 0.326 e. The summed E-state index contributed by atoms with van der Waals surface area (Å²) >= 11 is 0. The van der Waals surface area contributed by atoms with E-state index in [2.05, 4.69) is 51.8 Å². The average Bonchev–Trinajstić information content (AvgIpc) is 3.99. The normalized spacial score (nSPS) is 13.8. The number of para-hydroxylation sites is 1. The lowest BCUT2D eigenvalue weighted by Crippen LogP contribution is -2.60. The van der Waals surface area contributed by atoms with Gasteiger partial charge in [0.2, 0.25) is 35.4 Å². The molecule has 0 saturated heterocycles. The van der Waals surface area contributed by atoms with Crippen LogP contribution in [0.3, 0.4) is 0 Å². The minimum Gasteiger partial charge on any atom is -0.508 e. The summed E-state index contributed by atoms with van der Waals surface area (Å²) in [7, 11) is 0. The SMILES string of the molecule is CC(C)C[C@H](NC(=O)[C@H](Cc1ccc(O)cc1)NC(=O)[C@H](CCCN=C(N)N)NC(=O)[C@H](Cc1cnc[nH]1)NC(=O)CN)C(=O)N[C@@H](Cc1c[nH]c2ccccc12)C(=O)N[C@@H](CCCCN)C(=O)O. The predicted octanol–water partition coefficient (Wildman–Crippen LogP) is -1.19. The number of imidazole rings is 1. The highest BCUT2D eigenvalue weighted by atomic mass is 16.4. The molecule has 4 aromatic rings. The second-order valence-electron chi connectivity index (χ2n) is 17.0. The number of aromatic nitrogens is 3. The Kier molecular flexibility index (Phi) is 21.4. The number of fused-ring (bicyclic) bond motifs is 1. The van der Waals surface area contributed by atoms with E-state index in [9.17, 15) is 43.8 Å². The summed E-state index contributed by atoms with van der Waals surface area (Å²) in [5.74, 6) is -6.21. The first-order valence-electron chi connectivity index (χ1n) is 22.8. The molecule has 18 N–H and O–H groups in total. The summed E-state index contributed by atoms with van der Waals surface area (Å²) in [4.78, 5) is 110. The summed E-state index contributed by atoms with van der Waals surface area (Å²) in [6.07, 6.45) is 5.63. The number of carbonyl (C=O) groups is 7. The second-order valence-corrected chi connectivity index (χ2v) is 17.0. The zero-order valence-corrected chi connectivity index (χ0v) is 38.8. The van der Waals surface area contributed by atoms with E-state index >= 15 is 0 Å². The summed E-state index contributed by atoms with van der Waals surface area (Å²) in [6, 6.07) is 5.46. The van der Waals surface area contributed by atoms with Crippen molar-refractivity contribution in [3.63, 3.8) is 0 Å². The van der Waals surface area contributed by atoms with Crippen molar-refractivity contribution in [3.05, 3.63) is 84.1 Å². The molecule has 2 aromatic heterocycles. The molecule has 2 aromatic carbocycles. The van der Waals surface area contributed by atoms with Crippen LogP contribution in [0.1, 0.15) is 69.2 Å². The van der Waals surface area contributed by atoms with Gasteiger partial charge in [0.15, 0.2) is 5.96 Å². The van der Waals surface area contributed by atoms with Crippen LogP contribution in [0.15, 0.2) is 72.2 Å². The number of aromatic amines is 2. The van der Waals surface area contributed by atoms with Gasteiger partial charge in [-0.25, -0.2) is 9.78 Å². The Morgan fingerprint density at radius 2 is 1.26 bits per heavy atom. The van der Waals surface area contributed by atoms with Crippen LogP contribution >= 0.6 is 0 Å². The number of carbonyl (C=O) groups excluding carboxylic acids is 6. The van der Waals surface area contributed by atoms with E-state index in [0.717, 1.165) is 10.9 Å². The third-order valence-electron chi connectivity index (χ3n) is 11.0. The van der Waals surface area contributed by atoms with Gasteiger partial charge in [-0.1, -0.05) is 44.2 Å². The Bertz CT molecular complexity index is 2350. The first-order chi connectivity index (χ1) is 33.0. The molecule has 0 unspecified atom stereocenters. The molecule has 23 nitrogen and oxygen atoms in total. The number of benzene rings is 2. The zero-order valence-electron chi connectivity index (χ0n) is 38.8. The lowest BCUT2D eigenvalue weighted by atomic mass is 9.99. The fourth-order valence-corrected chi connectivity index (χ4v) is 7.47. The number of nitrogens with one attached hydrogen (secondary N) is 8. The zero-order chi connectivity index (χ0) is 50.5. The third-order valence-corrected chi connectivity index (χ3v) is 11.0. The van der Waals surface area contributed by atoms with Gasteiger partial charge < -0.3 is 75.0 Å². The quantitative estimate of drug-likeness (QED) is 0.0173. The number of phenolic OH excluding ortho intramolecular Hbond substituents is 1. The molecule has 0 saturated carbocycles. The highest BCUT2D eigenvalue weighted by Crippen LogP contribution is 2.20. The number of unbranched alkanes of at least 4 members (excludes halogenated alkanes) is 1. The molecule has 0 aliphatic rings. The number of hydrogen-bond donors (Lipinski definition) is 14. The van der Waals surface area contributed by atoms with Gasteiger partial charge in [-0.2, -0.15) is 0 Å². The van der Waals surface area contributed by atoms with E-state index in [1.165, 1.54) is 24.7 Å². The highest BCUT2D eigenvalue weighted by molar-refractivity contribution is 5.97. The molecule has 0 fully saturated rings. The molecular weight excluding hydrogens is 893 g/mol. The second kappa shape index (κ2) is 27.3. The van der Waals surface area contributed by atoms with Gasteiger partial charge in [-0.3, -0.25) is 33.8 Å². The summed E-state index contributed by atoms with van der Waals surface area (Å²) in [5.41, 5.74) is 24.6. The molecule has 69 heavy (non-hydrogen) atoms. The number of guanidine groups is 1. The van der Waals surface area contributed by atoms with E-state index in [1.54, 1.807) is 18.3 Å². The maximum absolute atomic E-state index is 14.5. The molecule has 0 radical (unpaired) electrons. The van der Waals surface area contributed by atoms with Crippen LogP contribution in [-0.4, -0.2) is 128 Å². The van der Waals surface area contributed by atoms with Gasteiger partial charge in [-0.15, -0.1) is 0 Å². The number of amides is 6. The molecule has 23 heteroatoms. The Morgan fingerprint density at radius 1 is 0.681 bits per heavy atom. The van der Waals surface area contributed by atoms with E-state index < -0.39 is 84.2 Å². The van der Waals surface area contributed by atoms with E-state index in [1.807, 2.05) is 38.1 Å². The van der Waals surface area contributed by atoms with Crippen molar-refractivity contribution in [3.8, 4) is 5.75 Å². The molecular formula is C46H66N14O9.